The Hall–Kier alpha value is -1.44. The van der Waals surface area contributed by atoms with Crippen molar-refractivity contribution >= 4 is 16.6 Å². The van der Waals surface area contributed by atoms with Crippen LogP contribution in [0.2, 0.25) is 0 Å². The Balaban J connectivity index is 2.38. The van der Waals surface area contributed by atoms with Crippen LogP contribution in [-0.2, 0) is 14.6 Å². The highest BCUT2D eigenvalue weighted by Gasteiger charge is 1.93. The van der Waals surface area contributed by atoms with Crippen molar-refractivity contribution in [3.05, 3.63) is 29.8 Å². The first kappa shape index (κ1) is 13.6. The highest BCUT2D eigenvalue weighted by molar-refractivity contribution is 7.80. The molecule has 0 aliphatic rings. The van der Waals surface area contributed by atoms with Crippen LogP contribution in [0.15, 0.2) is 29.3 Å². The van der Waals surface area contributed by atoms with Gasteiger partial charge in [0.15, 0.2) is 0 Å². The van der Waals surface area contributed by atoms with E-state index in [-0.39, 0.29) is 13.2 Å². The van der Waals surface area contributed by atoms with Crippen molar-refractivity contribution < 1.29 is 21.9 Å². The fourth-order valence-corrected chi connectivity index (χ4v) is 1.33. The second-order valence-electron chi connectivity index (χ2n) is 3.04. The summed E-state index contributed by atoms with van der Waals surface area (Å²) in [7, 11) is -3.05. The molecule has 6 nitrogen and oxygen atoms in total. The van der Waals surface area contributed by atoms with Gasteiger partial charge in [0, 0.05) is 6.21 Å². The van der Waals surface area contributed by atoms with Crippen molar-refractivity contribution in [3.63, 3.8) is 0 Å². The van der Waals surface area contributed by atoms with E-state index in [1.807, 2.05) is 0 Å². The summed E-state index contributed by atoms with van der Waals surface area (Å²) in [6, 6.07) is 7.15. The predicted octanol–water partition coefficient (Wildman–Crippen LogP) is 0.591. The summed E-state index contributed by atoms with van der Waals surface area (Å²) in [6.07, 6.45) is 1.56. The number of rotatable bonds is 6. The molecule has 1 aromatic rings. The van der Waals surface area contributed by atoms with Crippen molar-refractivity contribution in [1.82, 2.24) is 0 Å². The molecule has 0 aliphatic heterocycles. The van der Waals surface area contributed by atoms with E-state index in [1.54, 1.807) is 37.6 Å². The molecule has 0 spiro atoms. The zero-order valence-electron chi connectivity index (χ0n) is 9.20. The molecule has 0 radical (unpaired) electrons. The van der Waals surface area contributed by atoms with Gasteiger partial charge in [-0.1, -0.05) is 0 Å². The van der Waals surface area contributed by atoms with E-state index in [2.05, 4.69) is 9.18 Å². The quantitative estimate of drug-likeness (QED) is 0.322. The molecule has 0 unspecified atom stereocenters. The van der Waals surface area contributed by atoms with Gasteiger partial charge in [-0.25, -0.2) is 8.42 Å². The molecule has 0 saturated carbocycles. The maximum Gasteiger partial charge on any atom is 0.217 e. The summed E-state index contributed by atoms with van der Waals surface area (Å²) >= 11 is 0. The monoisotopic (exact) mass is 258 g/mol. The SMILES string of the molecule is COc1ccc(C=NCCOS(=O)(=O)[O-])cc1. The zero-order chi connectivity index (χ0) is 12.7. The Morgan fingerprint density at radius 2 is 2.00 bits per heavy atom. The third-order valence-electron chi connectivity index (χ3n) is 1.80. The molecule has 0 saturated heterocycles. The standard InChI is InChI=1S/C10H13NO5S/c1-15-10-4-2-9(3-5-10)8-11-6-7-16-17(12,13)14/h2-5,8H,6-7H2,1H3,(H,12,13,14)/p-1. The number of methoxy groups -OCH3 is 1. The number of ether oxygens (including phenoxy) is 1. The third kappa shape index (κ3) is 6.00. The van der Waals surface area contributed by atoms with Gasteiger partial charge in [0.25, 0.3) is 0 Å². The lowest BCUT2D eigenvalue weighted by Crippen LogP contribution is -2.07. The summed E-state index contributed by atoms with van der Waals surface area (Å²) < 4.78 is 39.2. The molecular weight excluding hydrogens is 246 g/mol. The summed E-state index contributed by atoms with van der Waals surface area (Å²) in [5.41, 5.74) is 0.843. The average molecular weight is 258 g/mol. The Kier molecular flexibility index (Phi) is 5.08. The van der Waals surface area contributed by atoms with E-state index in [9.17, 15) is 13.0 Å². The number of hydrogen-bond acceptors (Lipinski definition) is 6. The van der Waals surface area contributed by atoms with Crippen LogP contribution in [0.1, 0.15) is 5.56 Å². The fourth-order valence-electron chi connectivity index (χ4n) is 1.05. The molecule has 0 amide bonds. The maximum absolute atomic E-state index is 10.1. The molecule has 0 aliphatic carbocycles. The number of nitrogens with zero attached hydrogens (tertiary/aromatic N) is 1. The molecule has 0 fully saturated rings. The molecule has 0 aromatic heterocycles. The van der Waals surface area contributed by atoms with Gasteiger partial charge in [-0.2, -0.15) is 0 Å². The van der Waals surface area contributed by atoms with Gasteiger partial charge in [-0.15, -0.1) is 0 Å². The van der Waals surface area contributed by atoms with Gasteiger partial charge >= 0.3 is 0 Å². The molecule has 7 heteroatoms. The first-order chi connectivity index (χ1) is 8.01. The molecule has 17 heavy (non-hydrogen) atoms. The normalized spacial score (nSPS) is 11.9. The van der Waals surface area contributed by atoms with Crippen molar-refractivity contribution in [1.29, 1.82) is 0 Å². The topological polar surface area (TPSA) is 88.0 Å². The Morgan fingerprint density at radius 1 is 1.35 bits per heavy atom. The molecule has 1 aromatic carbocycles. The van der Waals surface area contributed by atoms with Gasteiger partial charge in [-0.05, 0) is 29.8 Å². The molecule has 0 atom stereocenters. The fraction of sp³-hybridized carbons (Fsp3) is 0.300. The lowest BCUT2D eigenvalue weighted by Gasteiger charge is -2.04. The van der Waals surface area contributed by atoms with E-state index in [1.165, 1.54) is 0 Å². The van der Waals surface area contributed by atoms with Crippen LogP contribution in [0, 0.1) is 0 Å². The summed E-state index contributed by atoms with van der Waals surface area (Å²) in [5.74, 6) is 0.739. The summed E-state index contributed by atoms with van der Waals surface area (Å²) in [4.78, 5) is 3.91. The second-order valence-corrected chi connectivity index (χ2v) is 4.09. The van der Waals surface area contributed by atoms with Crippen LogP contribution in [0.3, 0.4) is 0 Å². The highest BCUT2D eigenvalue weighted by atomic mass is 32.3. The molecular formula is C10H12NO5S-. The van der Waals surface area contributed by atoms with E-state index < -0.39 is 10.4 Å². The van der Waals surface area contributed by atoms with Crippen molar-refractivity contribution in [2.45, 2.75) is 0 Å². The maximum atomic E-state index is 10.1. The Bertz CT molecular complexity index is 466. The molecule has 0 N–H and O–H groups in total. The lowest BCUT2D eigenvalue weighted by molar-refractivity contribution is 0.269. The van der Waals surface area contributed by atoms with Crippen molar-refractivity contribution in [3.8, 4) is 5.75 Å². The van der Waals surface area contributed by atoms with E-state index in [4.69, 9.17) is 4.74 Å². The number of benzene rings is 1. The largest absolute Gasteiger partial charge is 0.726 e. The third-order valence-corrected chi connectivity index (χ3v) is 2.26. The van der Waals surface area contributed by atoms with Gasteiger partial charge in [0.05, 0.1) is 20.3 Å². The molecule has 1 rings (SSSR count). The second kappa shape index (κ2) is 6.33. The van der Waals surface area contributed by atoms with Crippen LogP contribution >= 0.6 is 0 Å². The molecule has 0 bridgehead atoms. The van der Waals surface area contributed by atoms with Crippen LogP contribution in [0.5, 0.6) is 5.75 Å². The van der Waals surface area contributed by atoms with Gasteiger partial charge in [0.1, 0.15) is 5.75 Å². The highest BCUT2D eigenvalue weighted by Crippen LogP contribution is 2.09. The smallest absolute Gasteiger partial charge is 0.217 e. The van der Waals surface area contributed by atoms with Crippen LogP contribution < -0.4 is 4.74 Å². The Morgan fingerprint density at radius 3 is 2.53 bits per heavy atom. The lowest BCUT2D eigenvalue weighted by atomic mass is 10.2. The first-order valence-corrected chi connectivity index (χ1v) is 6.09. The molecule has 0 heterocycles. The van der Waals surface area contributed by atoms with Crippen LogP contribution in [-0.4, -0.2) is 39.4 Å². The van der Waals surface area contributed by atoms with Gasteiger partial charge in [-0.3, -0.25) is 9.18 Å². The number of aliphatic imine (C=N–C) groups is 1. The van der Waals surface area contributed by atoms with Gasteiger partial charge < -0.3 is 9.29 Å². The minimum atomic E-state index is -4.62. The summed E-state index contributed by atoms with van der Waals surface area (Å²) in [6.45, 7) is -0.147. The molecule has 94 valence electrons. The van der Waals surface area contributed by atoms with Crippen LogP contribution in [0.25, 0.3) is 0 Å². The minimum absolute atomic E-state index is 0.105. The van der Waals surface area contributed by atoms with Crippen molar-refractivity contribution in [2.75, 3.05) is 20.3 Å². The van der Waals surface area contributed by atoms with Crippen LogP contribution in [0.4, 0.5) is 0 Å². The van der Waals surface area contributed by atoms with E-state index in [0.29, 0.717) is 0 Å². The first-order valence-electron chi connectivity index (χ1n) is 4.75. The predicted molar refractivity (Wildman–Crippen MR) is 61.1 cm³/mol. The van der Waals surface area contributed by atoms with Gasteiger partial charge in [0.2, 0.25) is 10.4 Å². The Labute approximate surface area is 99.9 Å². The summed E-state index contributed by atoms with van der Waals surface area (Å²) in [5, 5.41) is 0. The number of hydrogen-bond donors (Lipinski definition) is 0. The van der Waals surface area contributed by atoms with E-state index in [0.717, 1.165) is 11.3 Å². The van der Waals surface area contributed by atoms with E-state index >= 15 is 0 Å². The van der Waals surface area contributed by atoms with Crippen molar-refractivity contribution in [2.24, 2.45) is 4.99 Å². The zero-order valence-corrected chi connectivity index (χ0v) is 10.0. The minimum Gasteiger partial charge on any atom is -0.726 e. The average Bonchev–Trinajstić information content (AvgIpc) is 2.28.